The van der Waals surface area contributed by atoms with Gasteiger partial charge in [-0.05, 0) is 11.8 Å². The Hall–Kier alpha value is -2.69. The average molecular weight is 402 g/mol. The molecule has 160 valence electrons. The number of carbonyl (C=O) groups excluding carboxylic acids is 3. The second kappa shape index (κ2) is 11.9. The van der Waals surface area contributed by atoms with Crippen molar-refractivity contribution in [1.82, 2.24) is 16.0 Å². The van der Waals surface area contributed by atoms with Crippen molar-refractivity contribution in [3.8, 4) is 0 Å². The van der Waals surface area contributed by atoms with Gasteiger partial charge in [0.15, 0.2) is 0 Å². The van der Waals surface area contributed by atoms with Gasteiger partial charge in [0, 0.05) is 0 Å². The van der Waals surface area contributed by atoms with Gasteiger partial charge in [-0.15, -0.1) is 0 Å². The van der Waals surface area contributed by atoms with E-state index in [2.05, 4.69) is 16.0 Å². The summed E-state index contributed by atoms with van der Waals surface area (Å²) in [5.41, 5.74) is 5.47. The molecule has 0 rings (SSSR count). The summed E-state index contributed by atoms with van der Waals surface area (Å²) in [6.45, 7) is 6.30. The van der Waals surface area contributed by atoms with E-state index in [1.165, 1.54) is 0 Å². The average Bonchev–Trinajstić information content (AvgIpc) is 2.59. The summed E-state index contributed by atoms with van der Waals surface area (Å²) in [5, 5.41) is 24.9. The minimum atomic E-state index is -1.32. The number of rotatable bonds is 12. The van der Waals surface area contributed by atoms with E-state index in [-0.39, 0.29) is 11.8 Å². The number of carboxylic acid groups (broad SMARTS) is 2. The minimum Gasteiger partial charge on any atom is -0.481 e. The highest BCUT2D eigenvalue weighted by molar-refractivity contribution is 5.93. The number of carbonyl (C=O) groups is 5. The van der Waals surface area contributed by atoms with Crippen molar-refractivity contribution < 1.29 is 34.2 Å². The molecule has 7 N–H and O–H groups in total. The third-order valence-corrected chi connectivity index (χ3v) is 4.20. The van der Waals surface area contributed by atoms with E-state index in [0.29, 0.717) is 6.42 Å². The topological polar surface area (TPSA) is 188 Å². The van der Waals surface area contributed by atoms with E-state index in [1.807, 2.05) is 0 Å². The molecule has 0 aromatic rings. The molecule has 0 spiro atoms. The van der Waals surface area contributed by atoms with Crippen LogP contribution in [0.2, 0.25) is 0 Å². The number of hydrogen-bond acceptors (Lipinski definition) is 6. The van der Waals surface area contributed by atoms with Crippen LogP contribution in [0.4, 0.5) is 0 Å². The first-order valence-corrected chi connectivity index (χ1v) is 8.98. The normalized spacial score (nSPS) is 15.1. The number of amides is 3. The summed E-state index contributed by atoms with van der Waals surface area (Å²) in [7, 11) is 0. The quantitative estimate of drug-likeness (QED) is 0.231. The molecule has 0 aromatic carbocycles. The molecule has 0 saturated heterocycles. The van der Waals surface area contributed by atoms with Crippen molar-refractivity contribution in [3.63, 3.8) is 0 Å². The van der Waals surface area contributed by atoms with Gasteiger partial charge in [0.1, 0.15) is 12.1 Å². The van der Waals surface area contributed by atoms with Crippen LogP contribution >= 0.6 is 0 Å². The van der Waals surface area contributed by atoms with Gasteiger partial charge in [0.25, 0.3) is 0 Å². The third-order valence-electron chi connectivity index (χ3n) is 4.20. The molecule has 0 aromatic heterocycles. The fraction of sp³-hybridized carbons (Fsp3) is 0.706. The highest BCUT2D eigenvalue weighted by Gasteiger charge is 2.29. The van der Waals surface area contributed by atoms with Crippen molar-refractivity contribution in [2.75, 3.05) is 6.54 Å². The smallest absolute Gasteiger partial charge is 0.326 e. The number of nitrogens with one attached hydrogen (secondary N) is 3. The lowest BCUT2D eigenvalue weighted by molar-refractivity contribution is -0.143. The van der Waals surface area contributed by atoms with Gasteiger partial charge in [0.2, 0.25) is 17.7 Å². The van der Waals surface area contributed by atoms with Gasteiger partial charge < -0.3 is 31.9 Å². The number of hydrogen-bond donors (Lipinski definition) is 6. The van der Waals surface area contributed by atoms with Crippen LogP contribution in [0.1, 0.15) is 40.5 Å². The zero-order valence-electron chi connectivity index (χ0n) is 16.5. The molecule has 4 unspecified atom stereocenters. The monoisotopic (exact) mass is 402 g/mol. The van der Waals surface area contributed by atoms with Gasteiger partial charge >= 0.3 is 11.9 Å². The Morgan fingerprint density at radius 3 is 1.93 bits per heavy atom. The van der Waals surface area contributed by atoms with Crippen LogP contribution in [-0.4, -0.2) is 64.5 Å². The predicted molar refractivity (Wildman–Crippen MR) is 99.0 cm³/mol. The van der Waals surface area contributed by atoms with E-state index in [9.17, 15) is 29.1 Å². The SMILES string of the molecule is CCC(C)C(NC(=O)CNC(=O)C(NC(=O)C(N)CC(=O)O)C(C)C)C(=O)O. The summed E-state index contributed by atoms with van der Waals surface area (Å²) >= 11 is 0. The number of nitrogens with two attached hydrogens (primary N) is 1. The van der Waals surface area contributed by atoms with Crippen molar-refractivity contribution in [3.05, 3.63) is 0 Å². The van der Waals surface area contributed by atoms with Gasteiger partial charge in [-0.1, -0.05) is 34.1 Å². The summed E-state index contributed by atoms with van der Waals surface area (Å²) in [5.74, 6) is -5.24. The summed E-state index contributed by atoms with van der Waals surface area (Å²) in [6.07, 6.45) is -0.0471. The van der Waals surface area contributed by atoms with E-state index < -0.39 is 60.8 Å². The Kier molecular flexibility index (Phi) is 10.8. The highest BCUT2D eigenvalue weighted by Crippen LogP contribution is 2.08. The van der Waals surface area contributed by atoms with Gasteiger partial charge in [-0.2, -0.15) is 0 Å². The van der Waals surface area contributed by atoms with E-state index in [0.717, 1.165) is 0 Å². The lowest BCUT2D eigenvalue weighted by Crippen LogP contribution is -2.55. The molecule has 11 nitrogen and oxygen atoms in total. The molecule has 0 bridgehead atoms. The molecule has 0 aliphatic carbocycles. The largest absolute Gasteiger partial charge is 0.481 e. The van der Waals surface area contributed by atoms with Crippen LogP contribution in [-0.2, 0) is 24.0 Å². The fourth-order valence-corrected chi connectivity index (χ4v) is 2.26. The molecule has 28 heavy (non-hydrogen) atoms. The first-order valence-electron chi connectivity index (χ1n) is 8.98. The molecule has 0 radical (unpaired) electrons. The number of carboxylic acids is 2. The maximum absolute atomic E-state index is 12.3. The van der Waals surface area contributed by atoms with Crippen LogP contribution in [0, 0.1) is 11.8 Å². The van der Waals surface area contributed by atoms with Crippen molar-refractivity contribution in [2.24, 2.45) is 17.6 Å². The number of aliphatic carboxylic acids is 2. The molecule has 11 heteroatoms. The molecule has 0 aliphatic heterocycles. The lowest BCUT2D eigenvalue weighted by atomic mass is 9.99. The molecule has 0 heterocycles. The standard InChI is InChI=1S/C17H30N4O7/c1-5-9(4)14(17(27)28)20-11(22)7-19-16(26)13(8(2)3)21-15(25)10(18)6-12(23)24/h8-10,13-14H,5-7,18H2,1-4H3,(H,19,26)(H,20,22)(H,21,25)(H,23,24)(H,27,28). The Labute approximate surface area is 163 Å². The zero-order valence-corrected chi connectivity index (χ0v) is 16.5. The maximum atomic E-state index is 12.3. The minimum absolute atomic E-state index is 0.296. The van der Waals surface area contributed by atoms with E-state index in [4.69, 9.17) is 10.8 Å². The Morgan fingerprint density at radius 1 is 0.929 bits per heavy atom. The second-order valence-corrected chi connectivity index (χ2v) is 6.92. The van der Waals surface area contributed by atoms with Crippen molar-refractivity contribution >= 4 is 29.7 Å². The highest BCUT2D eigenvalue weighted by atomic mass is 16.4. The van der Waals surface area contributed by atoms with Crippen LogP contribution in [0.15, 0.2) is 0 Å². The van der Waals surface area contributed by atoms with Crippen LogP contribution in [0.5, 0.6) is 0 Å². The van der Waals surface area contributed by atoms with E-state index >= 15 is 0 Å². The second-order valence-electron chi connectivity index (χ2n) is 6.92. The Morgan fingerprint density at radius 2 is 1.50 bits per heavy atom. The summed E-state index contributed by atoms with van der Waals surface area (Å²) < 4.78 is 0. The molecule has 3 amide bonds. The Bertz CT molecular complexity index is 594. The Balaban J connectivity index is 4.81. The molecule has 0 saturated carbocycles. The first-order chi connectivity index (χ1) is 12.9. The molecule has 0 aliphatic rings. The van der Waals surface area contributed by atoms with Gasteiger partial charge in [-0.3, -0.25) is 19.2 Å². The van der Waals surface area contributed by atoms with Crippen molar-refractivity contribution in [2.45, 2.75) is 58.7 Å². The van der Waals surface area contributed by atoms with Crippen LogP contribution < -0.4 is 21.7 Å². The van der Waals surface area contributed by atoms with Crippen LogP contribution in [0.3, 0.4) is 0 Å². The first kappa shape index (κ1) is 25.3. The molecule has 4 atom stereocenters. The van der Waals surface area contributed by atoms with Gasteiger partial charge in [0.05, 0.1) is 19.0 Å². The van der Waals surface area contributed by atoms with Gasteiger partial charge in [-0.25, -0.2) is 4.79 Å². The van der Waals surface area contributed by atoms with Crippen molar-refractivity contribution in [1.29, 1.82) is 0 Å². The maximum Gasteiger partial charge on any atom is 0.326 e. The third kappa shape index (κ3) is 8.80. The molecular formula is C17H30N4O7. The van der Waals surface area contributed by atoms with E-state index in [1.54, 1.807) is 27.7 Å². The van der Waals surface area contributed by atoms with Crippen LogP contribution in [0.25, 0.3) is 0 Å². The molecule has 0 fully saturated rings. The fourth-order valence-electron chi connectivity index (χ4n) is 2.26. The summed E-state index contributed by atoms with van der Waals surface area (Å²) in [6, 6.07) is -3.43. The zero-order chi connectivity index (χ0) is 22.0. The lowest BCUT2D eigenvalue weighted by Gasteiger charge is -2.24. The predicted octanol–water partition coefficient (Wildman–Crippen LogP) is -1.34. The molecular weight excluding hydrogens is 372 g/mol. The summed E-state index contributed by atoms with van der Waals surface area (Å²) in [4.78, 5) is 58.1.